The zero-order valence-electron chi connectivity index (χ0n) is 13.5. The van der Waals surface area contributed by atoms with Gasteiger partial charge in [-0.2, -0.15) is 11.8 Å². The maximum atomic E-state index is 13.2. The Morgan fingerprint density at radius 1 is 1.30 bits per heavy atom. The van der Waals surface area contributed by atoms with E-state index in [1.807, 2.05) is 18.7 Å². The molecule has 1 heterocycles. The van der Waals surface area contributed by atoms with Crippen LogP contribution in [0.5, 0.6) is 0 Å². The molecule has 1 saturated heterocycles. The number of rotatable bonds is 5. The Kier molecular flexibility index (Phi) is 6.45. The monoisotopic (exact) mass is 338 g/mol. The number of carbonyl (C=O) groups is 2. The molecule has 1 aromatic carbocycles. The number of thioether (sulfide) groups is 1. The van der Waals surface area contributed by atoms with Gasteiger partial charge in [-0.1, -0.05) is 19.1 Å². The molecule has 0 bridgehead atoms. The van der Waals surface area contributed by atoms with Crippen LogP contribution in [0.3, 0.4) is 0 Å². The Balaban J connectivity index is 1.84. The number of hydrogen-bond acceptors (Lipinski definition) is 3. The van der Waals surface area contributed by atoms with E-state index < -0.39 is 6.04 Å². The Bertz CT molecular complexity index is 561. The van der Waals surface area contributed by atoms with Crippen LogP contribution in [0.1, 0.15) is 31.7 Å². The molecule has 4 nitrogen and oxygen atoms in total. The SMILES string of the molecule is C[C@@H](NC(=O)C[C@H](C)c1cccc(F)c1)C(=O)N1CCSCC1. The first-order chi connectivity index (χ1) is 11.0. The van der Waals surface area contributed by atoms with Crippen molar-refractivity contribution in [3.8, 4) is 0 Å². The molecular formula is C17H23FN2O2S. The molecule has 0 aliphatic carbocycles. The molecule has 1 aliphatic heterocycles. The minimum absolute atomic E-state index is 0.0305. The van der Waals surface area contributed by atoms with Gasteiger partial charge in [0, 0.05) is 31.0 Å². The van der Waals surface area contributed by atoms with E-state index in [1.54, 1.807) is 24.0 Å². The van der Waals surface area contributed by atoms with Crippen molar-refractivity contribution in [2.75, 3.05) is 24.6 Å². The summed E-state index contributed by atoms with van der Waals surface area (Å²) in [6.45, 7) is 5.07. The lowest BCUT2D eigenvalue weighted by atomic mass is 9.97. The Hall–Kier alpha value is -1.56. The molecule has 23 heavy (non-hydrogen) atoms. The average molecular weight is 338 g/mol. The van der Waals surface area contributed by atoms with Gasteiger partial charge in [-0.3, -0.25) is 9.59 Å². The van der Waals surface area contributed by atoms with Crippen LogP contribution >= 0.6 is 11.8 Å². The number of hydrogen-bond donors (Lipinski definition) is 1. The first kappa shape index (κ1) is 17.8. The molecule has 2 rings (SSSR count). The van der Waals surface area contributed by atoms with Gasteiger partial charge in [0.05, 0.1) is 0 Å². The molecule has 6 heteroatoms. The van der Waals surface area contributed by atoms with Crippen molar-refractivity contribution < 1.29 is 14.0 Å². The smallest absolute Gasteiger partial charge is 0.244 e. The van der Waals surface area contributed by atoms with E-state index in [1.165, 1.54) is 12.1 Å². The lowest BCUT2D eigenvalue weighted by molar-refractivity contribution is -0.135. The van der Waals surface area contributed by atoms with Gasteiger partial charge >= 0.3 is 0 Å². The van der Waals surface area contributed by atoms with Gasteiger partial charge in [0.1, 0.15) is 11.9 Å². The molecule has 126 valence electrons. The lowest BCUT2D eigenvalue weighted by Gasteiger charge is -2.29. The van der Waals surface area contributed by atoms with Crippen molar-refractivity contribution in [2.24, 2.45) is 0 Å². The van der Waals surface area contributed by atoms with Gasteiger partial charge in [-0.15, -0.1) is 0 Å². The van der Waals surface area contributed by atoms with E-state index >= 15 is 0 Å². The summed E-state index contributed by atoms with van der Waals surface area (Å²) in [4.78, 5) is 26.2. The van der Waals surface area contributed by atoms with Crippen LogP contribution in [-0.4, -0.2) is 47.4 Å². The van der Waals surface area contributed by atoms with E-state index in [-0.39, 0.29) is 30.0 Å². The van der Waals surface area contributed by atoms with Crippen molar-refractivity contribution in [1.82, 2.24) is 10.2 Å². The van der Waals surface area contributed by atoms with Gasteiger partial charge in [0.2, 0.25) is 11.8 Å². The van der Waals surface area contributed by atoms with Crippen LogP contribution in [0.25, 0.3) is 0 Å². The van der Waals surface area contributed by atoms with Crippen molar-refractivity contribution >= 4 is 23.6 Å². The molecule has 1 fully saturated rings. The fourth-order valence-corrected chi connectivity index (χ4v) is 3.53. The average Bonchev–Trinajstić information content (AvgIpc) is 2.54. The summed E-state index contributed by atoms with van der Waals surface area (Å²) in [6.07, 6.45) is 0.233. The van der Waals surface area contributed by atoms with Crippen molar-refractivity contribution in [3.05, 3.63) is 35.6 Å². The van der Waals surface area contributed by atoms with E-state index in [0.29, 0.717) is 0 Å². The molecule has 0 radical (unpaired) electrons. The van der Waals surface area contributed by atoms with E-state index in [4.69, 9.17) is 0 Å². The van der Waals surface area contributed by atoms with E-state index in [9.17, 15) is 14.0 Å². The van der Waals surface area contributed by atoms with Crippen LogP contribution in [0.2, 0.25) is 0 Å². The summed E-state index contributed by atoms with van der Waals surface area (Å²) in [7, 11) is 0. The standard InChI is InChI=1S/C17H23FN2O2S/c1-12(14-4-3-5-15(18)11-14)10-16(21)19-13(2)17(22)20-6-8-23-9-7-20/h3-5,11-13H,6-10H2,1-2H3,(H,19,21)/t12-,13+/m0/s1. The third-order valence-electron chi connectivity index (χ3n) is 3.98. The molecule has 2 atom stereocenters. The molecule has 0 spiro atoms. The minimum atomic E-state index is -0.523. The van der Waals surface area contributed by atoms with Crippen molar-refractivity contribution in [1.29, 1.82) is 0 Å². The maximum absolute atomic E-state index is 13.2. The predicted octanol–water partition coefficient (Wildman–Crippen LogP) is 2.40. The second kappa shape index (κ2) is 8.34. The van der Waals surface area contributed by atoms with E-state index in [2.05, 4.69) is 5.32 Å². The van der Waals surface area contributed by atoms with Gasteiger partial charge in [-0.25, -0.2) is 4.39 Å². The minimum Gasteiger partial charge on any atom is -0.345 e. The molecule has 1 aliphatic rings. The molecule has 0 aromatic heterocycles. The number of halogens is 1. The van der Waals surface area contributed by atoms with Crippen LogP contribution in [0.4, 0.5) is 4.39 Å². The van der Waals surface area contributed by atoms with Crippen LogP contribution in [0.15, 0.2) is 24.3 Å². The summed E-state index contributed by atoms with van der Waals surface area (Å²) < 4.78 is 13.2. The number of nitrogens with one attached hydrogen (secondary N) is 1. The lowest BCUT2D eigenvalue weighted by Crippen LogP contribution is -2.49. The summed E-state index contributed by atoms with van der Waals surface area (Å²) >= 11 is 1.84. The molecule has 1 aromatic rings. The van der Waals surface area contributed by atoms with Crippen LogP contribution < -0.4 is 5.32 Å². The number of benzene rings is 1. The van der Waals surface area contributed by atoms with Gasteiger partial charge in [-0.05, 0) is 30.5 Å². The highest BCUT2D eigenvalue weighted by Crippen LogP contribution is 2.19. The summed E-state index contributed by atoms with van der Waals surface area (Å²) in [5.74, 6) is 1.28. The Morgan fingerprint density at radius 3 is 2.65 bits per heavy atom. The Labute approximate surface area is 140 Å². The van der Waals surface area contributed by atoms with Gasteiger partial charge in [0.25, 0.3) is 0 Å². The summed E-state index contributed by atoms with van der Waals surface area (Å²) in [5, 5.41) is 2.76. The normalized spacial score (nSPS) is 17.4. The zero-order chi connectivity index (χ0) is 16.8. The first-order valence-corrected chi connectivity index (χ1v) is 9.04. The number of nitrogens with zero attached hydrogens (tertiary/aromatic N) is 1. The van der Waals surface area contributed by atoms with Gasteiger partial charge < -0.3 is 10.2 Å². The quantitative estimate of drug-likeness (QED) is 0.897. The van der Waals surface area contributed by atoms with Crippen molar-refractivity contribution in [2.45, 2.75) is 32.2 Å². The number of amides is 2. The van der Waals surface area contributed by atoms with E-state index in [0.717, 1.165) is 30.2 Å². The van der Waals surface area contributed by atoms with Crippen molar-refractivity contribution in [3.63, 3.8) is 0 Å². The maximum Gasteiger partial charge on any atom is 0.244 e. The second-order valence-corrected chi connectivity index (χ2v) is 7.11. The first-order valence-electron chi connectivity index (χ1n) is 7.88. The number of carbonyl (C=O) groups excluding carboxylic acids is 2. The highest BCUT2D eigenvalue weighted by Gasteiger charge is 2.24. The summed E-state index contributed by atoms with van der Waals surface area (Å²) in [6, 6.07) is 5.75. The molecule has 1 N–H and O–H groups in total. The third kappa shape index (κ3) is 5.23. The second-order valence-electron chi connectivity index (χ2n) is 5.89. The van der Waals surface area contributed by atoms with Crippen LogP contribution in [0, 0.1) is 5.82 Å². The predicted molar refractivity (Wildman–Crippen MR) is 90.9 cm³/mol. The molecular weight excluding hydrogens is 315 g/mol. The zero-order valence-corrected chi connectivity index (χ0v) is 14.4. The molecule has 0 saturated carbocycles. The summed E-state index contributed by atoms with van der Waals surface area (Å²) in [5.41, 5.74) is 0.784. The fraction of sp³-hybridized carbons (Fsp3) is 0.529. The highest BCUT2D eigenvalue weighted by atomic mass is 32.2. The molecule has 2 amide bonds. The molecule has 0 unspecified atom stereocenters. The van der Waals surface area contributed by atoms with Crippen LogP contribution in [-0.2, 0) is 9.59 Å². The third-order valence-corrected chi connectivity index (χ3v) is 4.92. The fourth-order valence-electron chi connectivity index (χ4n) is 2.63. The van der Waals surface area contributed by atoms with Gasteiger partial charge in [0.15, 0.2) is 0 Å². The Morgan fingerprint density at radius 2 is 2.00 bits per heavy atom. The largest absolute Gasteiger partial charge is 0.345 e. The topological polar surface area (TPSA) is 49.4 Å². The highest BCUT2D eigenvalue weighted by molar-refractivity contribution is 7.99.